The third-order valence-electron chi connectivity index (χ3n) is 3.97. The summed E-state index contributed by atoms with van der Waals surface area (Å²) in [6.07, 6.45) is 5.12. The number of rotatable bonds is 6. The maximum atomic E-state index is 6.25. The molecule has 112 valence electrons. The van der Waals surface area contributed by atoms with Crippen LogP contribution in [0.25, 0.3) is 0 Å². The minimum Gasteiger partial charge on any atom is -0.496 e. The van der Waals surface area contributed by atoms with Crippen molar-refractivity contribution in [2.45, 2.75) is 51.2 Å². The predicted octanol–water partition coefficient (Wildman–Crippen LogP) is 3.36. The third kappa shape index (κ3) is 4.37. The van der Waals surface area contributed by atoms with Crippen LogP contribution in [-0.4, -0.2) is 25.7 Å². The molecular weight excluding hydrogens is 272 g/mol. The van der Waals surface area contributed by atoms with Gasteiger partial charge in [0.15, 0.2) is 0 Å². The number of methoxy groups -OCH3 is 1. The van der Waals surface area contributed by atoms with E-state index in [1.807, 2.05) is 18.2 Å². The van der Waals surface area contributed by atoms with Gasteiger partial charge in [0.2, 0.25) is 0 Å². The lowest BCUT2D eigenvalue weighted by Crippen LogP contribution is -2.39. The van der Waals surface area contributed by atoms with Gasteiger partial charge in [0.1, 0.15) is 5.75 Å². The summed E-state index contributed by atoms with van der Waals surface area (Å²) in [4.78, 5) is 0. The standard InChI is InChI=1S/C16H25ClN2O/c1-12(10-13-6-3-4-9-18-13)19-11-14-15(17)7-5-8-16(14)20-2/h5,7-8,12-13,18-19H,3-4,6,9-11H2,1-2H3. The van der Waals surface area contributed by atoms with Gasteiger partial charge in [0.25, 0.3) is 0 Å². The summed E-state index contributed by atoms with van der Waals surface area (Å²) in [7, 11) is 1.69. The molecule has 4 heteroatoms. The van der Waals surface area contributed by atoms with Crippen LogP contribution in [0.1, 0.15) is 38.2 Å². The summed E-state index contributed by atoms with van der Waals surface area (Å²) in [6, 6.07) is 6.90. The number of ether oxygens (including phenoxy) is 1. The first kappa shape index (κ1) is 15.6. The molecule has 0 saturated carbocycles. The molecule has 1 heterocycles. The Morgan fingerprint density at radius 3 is 3.00 bits per heavy atom. The molecule has 1 aliphatic rings. The van der Waals surface area contributed by atoms with Crippen molar-refractivity contribution < 1.29 is 4.74 Å². The fourth-order valence-corrected chi connectivity index (χ4v) is 3.05. The van der Waals surface area contributed by atoms with Gasteiger partial charge in [-0.15, -0.1) is 0 Å². The number of nitrogens with one attached hydrogen (secondary N) is 2. The first-order chi connectivity index (χ1) is 9.70. The molecule has 3 nitrogen and oxygen atoms in total. The van der Waals surface area contributed by atoms with Crippen LogP contribution in [0.2, 0.25) is 5.02 Å². The van der Waals surface area contributed by atoms with E-state index in [2.05, 4.69) is 17.6 Å². The molecular formula is C16H25ClN2O. The maximum absolute atomic E-state index is 6.25. The molecule has 0 bridgehead atoms. The monoisotopic (exact) mass is 296 g/mol. The SMILES string of the molecule is COc1cccc(Cl)c1CNC(C)CC1CCCCN1. The van der Waals surface area contributed by atoms with Crippen LogP contribution in [0, 0.1) is 0 Å². The Morgan fingerprint density at radius 1 is 1.45 bits per heavy atom. The van der Waals surface area contributed by atoms with Gasteiger partial charge < -0.3 is 15.4 Å². The average molecular weight is 297 g/mol. The van der Waals surface area contributed by atoms with Crippen molar-refractivity contribution in [3.63, 3.8) is 0 Å². The second-order valence-corrected chi connectivity index (χ2v) is 5.99. The molecule has 0 radical (unpaired) electrons. The second-order valence-electron chi connectivity index (χ2n) is 5.59. The molecule has 20 heavy (non-hydrogen) atoms. The van der Waals surface area contributed by atoms with Crippen molar-refractivity contribution in [3.05, 3.63) is 28.8 Å². The lowest BCUT2D eigenvalue weighted by Gasteiger charge is -2.26. The molecule has 1 aromatic rings. The number of piperidine rings is 1. The molecule has 2 rings (SSSR count). The first-order valence-corrected chi connectivity index (χ1v) is 7.86. The van der Waals surface area contributed by atoms with Crippen molar-refractivity contribution in [1.82, 2.24) is 10.6 Å². The smallest absolute Gasteiger partial charge is 0.124 e. The van der Waals surface area contributed by atoms with Crippen LogP contribution in [-0.2, 0) is 6.54 Å². The molecule has 2 unspecified atom stereocenters. The van der Waals surface area contributed by atoms with Crippen molar-refractivity contribution in [1.29, 1.82) is 0 Å². The van der Waals surface area contributed by atoms with Crippen LogP contribution in [0.3, 0.4) is 0 Å². The molecule has 0 aromatic heterocycles. The van der Waals surface area contributed by atoms with E-state index in [-0.39, 0.29) is 0 Å². The van der Waals surface area contributed by atoms with Crippen molar-refractivity contribution in [2.75, 3.05) is 13.7 Å². The number of benzene rings is 1. The van der Waals surface area contributed by atoms with Crippen LogP contribution in [0.5, 0.6) is 5.75 Å². The molecule has 1 aliphatic heterocycles. The van der Waals surface area contributed by atoms with Crippen LogP contribution in [0.15, 0.2) is 18.2 Å². The molecule has 1 saturated heterocycles. The highest BCUT2D eigenvalue weighted by Gasteiger charge is 2.16. The van der Waals surface area contributed by atoms with E-state index in [0.29, 0.717) is 12.1 Å². The average Bonchev–Trinajstić information content (AvgIpc) is 2.46. The largest absolute Gasteiger partial charge is 0.496 e. The molecule has 2 atom stereocenters. The minimum atomic E-state index is 0.464. The molecule has 0 aliphatic carbocycles. The molecule has 1 fully saturated rings. The highest BCUT2D eigenvalue weighted by Crippen LogP contribution is 2.26. The summed E-state index contributed by atoms with van der Waals surface area (Å²) in [5.74, 6) is 0.855. The second kappa shape index (κ2) is 7.87. The van der Waals surface area contributed by atoms with Crippen molar-refractivity contribution in [2.24, 2.45) is 0 Å². The zero-order valence-electron chi connectivity index (χ0n) is 12.4. The summed E-state index contributed by atoms with van der Waals surface area (Å²) < 4.78 is 5.37. The molecule has 2 N–H and O–H groups in total. The van der Waals surface area contributed by atoms with Gasteiger partial charge in [-0.1, -0.05) is 24.1 Å². The van der Waals surface area contributed by atoms with E-state index in [9.17, 15) is 0 Å². The van der Waals surface area contributed by atoms with E-state index in [1.54, 1.807) is 7.11 Å². The first-order valence-electron chi connectivity index (χ1n) is 7.49. The molecule has 0 amide bonds. The van der Waals surface area contributed by atoms with Crippen LogP contribution < -0.4 is 15.4 Å². The van der Waals surface area contributed by atoms with E-state index in [1.165, 1.54) is 19.3 Å². The topological polar surface area (TPSA) is 33.3 Å². The third-order valence-corrected chi connectivity index (χ3v) is 4.33. The van der Waals surface area contributed by atoms with Crippen LogP contribution >= 0.6 is 11.6 Å². The van der Waals surface area contributed by atoms with Gasteiger partial charge in [-0.3, -0.25) is 0 Å². The number of hydrogen-bond acceptors (Lipinski definition) is 3. The fraction of sp³-hybridized carbons (Fsp3) is 0.625. The van der Waals surface area contributed by atoms with Gasteiger partial charge in [-0.2, -0.15) is 0 Å². The Kier molecular flexibility index (Phi) is 6.14. The molecule has 1 aromatic carbocycles. The zero-order valence-corrected chi connectivity index (χ0v) is 13.2. The Bertz CT molecular complexity index is 419. The van der Waals surface area contributed by atoms with Crippen molar-refractivity contribution >= 4 is 11.6 Å². The Hall–Kier alpha value is -0.770. The maximum Gasteiger partial charge on any atom is 0.124 e. The minimum absolute atomic E-state index is 0.464. The van der Waals surface area contributed by atoms with Crippen molar-refractivity contribution in [3.8, 4) is 5.75 Å². The van der Waals surface area contributed by atoms with Gasteiger partial charge in [-0.05, 0) is 44.9 Å². The van der Waals surface area contributed by atoms with E-state index in [4.69, 9.17) is 16.3 Å². The highest BCUT2D eigenvalue weighted by molar-refractivity contribution is 6.31. The van der Waals surface area contributed by atoms with E-state index < -0.39 is 0 Å². The summed E-state index contributed by atoms with van der Waals surface area (Å²) in [5.41, 5.74) is 1.04. The Morgan fingerprint density at radius 2 is 2.30 bits per heavy atom. The number of hydrogen-bond donors (Lipinski definition) is 2. The highest BCUT2D eigenvalue weighted by atomic mass is 35.5. The van der Waals surface area contributed by atoms with Gasteiger partial charge in [0.05, 0.1) is 7.11 Å². The fourth-order valence-electron chi connectivity index (χ4n) is 2.81. The predicted molar refractivity (Wildman–Crippen MR) is 84.6 cm³/mol. The Balaban J connectivity index is 1.85. The lowest BCUT2D eigenvalue weighted by atomic mass is 9.98. The Labute approximate surface area is 127 Å². The molecule has 0 spiro atoms. The normalized spacial score (nSPS) is 20.6. The summed E-state index contributed by atoms with van der Waals surface area (Å²) in [5, 5.41) is 7.91. The van der Waals surface area contributed by atoms with E-state index >= 15 is 0 Å². The van der Waals surface area contributed by atoms with Crippen LogP contribution in [0.4, 0.5) is 0 Å². The van der Waals surface area contributed by atoms with E-state index in [0.717, 1.165) is 35.8 Å². The van der Waals surface area contributed by atoms with Gasteiger partial charge in [-0.25, -0.2) is 0 Å². The number of halogens is 1. The zero-order chi connectivity index (χ0) is 14.4. The van der Waals surface area contributed by atoms with Gasteiger partial charge >= 0.3 is 0 Å². The summed E-state index contributed by atoms with van der Waals surface area (Å²) >= 11 is 6.25. The summed E-state index contributed by atoms with van der Waals surface area (Å²) in [6.45, 7) is 4.14. The van der Waals surface area contributed by atoms with Gasteiger partial charge in [0, 0.05) is 29.2 Å². The quantitative estimate of drug-likeness (QED) is 0.844. The lowest BCUT2D eigenvalue weighted by molar-refractivity contribution is 0.343.